The Morgan fingerprint density at radius 3 is 2.72 bits per heavy atom. The topological polar surface area (TPSA) is 106 Å². The fourth-order valence-electron chi connectivity index (χ4n) is 3.80. The van der Waals surface area contributed by atoms with E-state index >= 15 is 0 Å². The summed E-state index contributed by atoms with van der Waals surface area (Å²) >= 11 is 0. The average molecular weight is 435 g/mol. The molecule has 166 valence electrons. The van der Waals surface area contributed by atoms with Crippen LogP contribution >= 0.6 is 0 Å². The van der Waals surface area contributed by atoms with Gasteiger partial charge >= 0.3 is 5.63 Å². The lowest BCUT2D eigenvalue weighted by Gasteiger charge is -2.12. The van der Waals surface area contributed by atoms with E-state index in [0.29, 0.717) is 46.6 Å². The number of fused-ring (bicyclic) bond motifs is 2. The molecule has 4 aromatic rings. The fraction of sp³-hybridized carbons (Fsp3) is 0.292. The van der Waals surface area contributed by atoms with E-state index in [0.717, 1.165) is 23.3 Å². The summed E-state index contributed by atoms with van der Waals surface area (Å²) in [5.74, 6) is 1.48. The largest absolute Gasteiger partial charge is 0.493 e. The predicted molar refractivity (Wildman–Crippen MR) is 121 cm³/mol. The summed E-state index contributed by atoms with van der Waals surface area (Å²) in [6, 6.07) is 11.4. The number of nitrogens with one attached hydrogen (secondary N) is 2. The molecule has 2 aromatic carbocycles. The molecule has 0 bridgehead atoms. The van der Waals surface area contributed by atoms with Crippen LogP contribution in [-0.2, 0) is 17.6 Å². The molecular weight excluding hydrogens is 410 g/mol. The molecule has 32 heavy (non-hydrogen) atoms. The van der Waals surface area contributed by atoms with Gasteiger partial charge in [-0.2, -0.15) is 0 Å². The molecular formula is C24H25N3O5. The summed E-state index contributed by atoms with van der Waals surface area (Å²) in [4.78, 5) is 32.9. The third kappa shape index (κ3) is 4.16. The molecule has 1 amide bonds. The van der Waals surface area contributed by atoms with Crippen molar-refractivity contribution in [1.29, 1.82) is 0 Å². The number of amides is 1. The Morgan fingerprint density at radius 1 is 1.16 bits per heavy atom. The summed E-state index contributed by atoms with van der Waals surface area (Å²) in [6.45, 7) is 2.29. The molecule has 0 aliphatic rings. The molecule has 4 rings (SSSR count). The van der Waals surface area contributed by atoms with Crippen molar-refractivity contribution < 1.29 is 18.7 Å². The molecule has 0 spiro atoms. The van der Waals surface area contributed by atoms with Gasteiger partial charge in [0.2, 0.25) is 11.7 Å². The van der Waals surface area contributed by atoms with E-state index in [4.69, 9.17) is 13.9 Å². The highest BCUT2D eigenvalue weighted by atomic mass is 16.5. The second-order valence-electron chi connectivity index (χ2n) is 7.50. The number of nitrogens with zero attached hydrogens (tertiary/aromatic N) is 1. The highest BCUT2D eigenvalue weighted by Crippen LogP contribution is 2.36. The Labute approximate surface area is 184 Å². The van der Waals surface area contributed by atoms with Crippen molar-refractivity contribution in [2.24, 2.45) is 0 Å². The van der Waals surface area contributed by atoms with Crippen LogP contribution in [0, 0.1) is 6.92 Å². The van der Waals surface area contributed by atoms with Gasteiger partial charge in [0.25, 0.3) is 0 Å². The lowest BCUT2D eigenvalue weighted by molar-refractivity contribution is -0.120. The van der Waals surface area contributed by atoms with Crippen LogP contribution in [0.1, 0.15) is 23.4 Å². The van der Waals surface area contributed by atoms with Gasteiger partial charge in [0.1, 0.15) is 5.82 Å². The number of hydrogen-bond acceptors (Lipinski definition) is 6. The summed E-state index contributed by atoms with van der Waals surface area (Å²) in [5.41, 5.74) is 2.70. The first-order chi connectivity index (χ1) is 15.5. The second-order valence-corrected chi connectivity index (χ2v) is 7.50. The van der Waals surface area contributed by atoms with Crippen LogP contribution in [0.15, 0.2) is 45.6 Å². The van der Waals surface area contributed by atoms with Gasteiger partial charge < -0.3 is 24.2 Å². The van der Waals surface area contributed by atoms with E-state index in [1.54, 1.807) is 19.1 Å². The van der Waals surface area contributed by atoms with Crippen molar-refractivity contribution in [3.8, 4) is 11.5 Å². The molecule has 0 aliphatic heterocycles. The SMILES string of the molecule is COc1ccc2c(C)c(CC(=O)NCCCc3nc4ccccc4[nH]3)c(=O)oc2c1OC. The normalized spacial score (nSPS) is 11.1. The molecule has 0 atom stereocenters. The van der Waals surface area contributed by atoms with Gasteiger partial charge in [-0.25, -0.2) is 9.78 Å². The molecule has 8 heteroatoms. The van der Waals surface area contributed by atoms with Crippen molar-refractivity contribution in [3.05, 3.63) is 63.8 Å². The summed E-state index contributed by atoms with van der Waals surface area (Å²) in [7, 11) is 3.00. The van der Waals surface area contributed by atoms with Gasteiger partial charge in [-0.3, -0.25) is 4.79 Å². The number of para-hydroxylation sites is 2. The van der Waals surface area contributed by atoms with Gasteiger partial charge in [-0.15, -0.1) is 0 Å². The smallest absolute Gasteiger partial charge is 0.340 e. The third-order valence-electron chi connectivity index (χ3n) is 5.49. The Bertz CT molecular complexity index is 1310. The molecule has 2 aromatic heterocycles. The standard InChI is InChI=1S/C24H25N3O5/c1-14-15-10-11-19(30-2)23(31-3)22(15)32-24(29)16(14)13-21(28)25-12-6-9-20-26-17-7-4-5-8-18(17)27-20/h4-5,7-8,10-11H,6,9,12-13H2,1-3H3,(H,25,28)(H,26,27). The molecule has 0 unspecified atom stereocenters. The van der Waals surface area contributed by atoms with Gasteiger partial charge in [0.15, 0.2) is 11.3 Å². The number of aryl methyl sites for hydroxylation is 2. The van der Waals surface area contributed by atoms with Crippen LogP contribution in [0.25, 0.3) is 22.0 Å². The maximum absolute atomic E-state index is 12.6. The Balaban J connectivity index is 1.41. The number of imidazole rings is 1. The van der Waals surface area contributed by atoms with Crippen LogP contribution in [-0.4, -0.2) is 36.6 Å². The number of methoxy groups -OCH3 is 2. The highest BCUT2D eigenvalue weighted by Gasteiger charge is 2.19. The van der Waals surface area contributed by atoms with Crippen LogP contribution in [0.2, 0.25) is 0 Å². The van der Waals surface area contributed by atoms with Crippen molar-refractivity contribution in [2.75, 3.05) is 20.8 Å². The minimum absolute atomic E-state index is 0.0525. The first kappa shape index (κ1) is 21.4. The van der Waals surface area contributed by atoms with E-state index < -0.39 is 5.63 Å². The Kier molecular flexibility index (Phi) is 6.11. The summed E-state index contributed by atoms with van der Waals surface area (Å²) in [5, 5.41) is 3.58. The molecule has 0 radical (unpaired) electrons. The number of rotatable bonds is 8. The van der Waals surface area contributed by atoms with E-state index in [-0.39, 0.29) is 12.3 Å². The molecule has 2 N–H and O–H groups in total. The Hall–Kier alpha value is -3.81. The van der Waals surface area contributed by atoms with Crippen molar-refractivity contribution in [2.45, 2.75) is 26.2 Å². The molecule has 0 fully saturated rings. The van der Waals surface area contributed by atoms with E-state index in [1.165, 1.54) is 14.2 Å². The maximum Gasteiger partial charge on any atom is 0.340 e. The minimum atomic E-state index is -0.557. The van der Waals surface area contributed by atoms with Crippen molar-refractivity contribution in [3.63, 3.8) is 0 Å². The average Bonchev–Trinajstić information content (AvgIpc) is 3.21. The zero-order chi connectivity index (χ0) is 22.7. The number of ether oxygens (including phenoxy) is 2. The quantitative estimate of drug-likeness (QED) is 0.325. The monoisotopic (exact) mass is 435 g/mol. The number of hydrogen-bond donors (Lipinski definition) is 2. The minimum Gasteiger partial charge on any atom is -0.493 e. The van der Waals surface area contributed by atoms with Crippen LogP contribution < -0.4 is 20.4 Å². The molecule has 0 saturated heterocycles. The van der Waals surface area contributed by atoms with E-state index in [2.05, 4.69) is 15.3 Å². The molecule has 2 heterocycles. The zero-order valence-electron chi connectivity index (χ0n) is 18.3. The maximum atomic E-state index is 12.6. The van der Waals surface area contributed by atoms with Gasteiger partial charge in [-0.05, 0) is 43.2 Å². The van der Waals surface area contributed by atoms with Crippen molar-refractivity contribution in [1.82, 2.24) is 15.3 Å². The van der Waals surface area contributed by atoms with Crippen LogP contribution in [0.3, 0.4) is 0 Å². The lowest BCUT2D eigenvalue weighted by Crippen LogP contribution is -2.29. The van der Waals surface area contributed by atoms with Gasteiger partial charge in [0, 0.05) is 18.4 Å². The molecule has 0 aliphatic carbocycles. The number of aromatic nitrogens is 2. The van der Waals surface area contributed by atoms with Gasteiger partial charge in [0.05, 0.1) is 37.2 Å². The number of carbonyl (C=O) groups is 1. The number of carbonyl (C=O) groups excluding carboxylic acids is 1. The first-order valence-corrected chi connectivity index (χ1v) is 10.4. The second kappa shape index (κ2) is 9.13. The first-order valence-electron chi connectivity index (χ1n) is 10.4. The Morgan fingerprint density at radius 2 is 1.97 bits per heavy atom. The predicted octanol–water partition coefficient (Wildman–Crippen LogP) is 3.29. The molecule has 8 nitrogen and oxygen atoms in total. The third-order valence-corrected chi connectivity index (χ3v) is 5.49. The van der Waals surface area contributed by atoms with E-state index in [9.17, 15) is 9.59 Å². The van der Waals surface area contributed by atoms with Crippen LogP contribution in [0.5, 0.6) is 11.5 Å². The number of benzene rings is 2. The van der Waals surface area contributed by atoms with Gasteiger partial charge in [-0.1, -0.05) is 12.1 Å². The van der Waals surface area contributed by atoms with E-state index in [1.807, 2.05) is 24.3 Å². The zero-order valence-corrected chi connectivity index (χ0v) is 18.3. The van der Waals surface area contributed by atoms with Crippen molar-refractivity contribution >= 4 is 27.9 Å². The number of H-pyrrole nitrogens is 1. The number of aromatic amines is 1. The fourth-order valence-corrected chi connectivity index (χ4v) is 3.80. The summed E-state index contributed by atoms with van der Waals surface area (Å²) in [6.07, 6.45) is 1.39. The summed E-state index contributed by atoms with van der Waals surface area (Å²) < 4.78 is 16.1. The highest BCUT2D eigenvalue weighted by molar-refractivity contribution is 5.89. The van der Waals surface area contributed by atoms with Crippen LogP contribution in [0.4, 0.5) is 0 Å². The molecule has 0 saturated carbocycles. The lowest BCUT2D eigenvalue weighted by atomic mass is 10.0.